The number of nitrogens with one attached hydrogen (secondary N) is 2. The minimum atomic E-state index is -0.806. The van der Waals surface area contributed by atoms with Crippen LogP contribution in [0.5, 0.6) is 0 Å². The molecule has 5 nitrogen and oxygen atoms in total. The maximum atomic E-state index is 12.8. The molecule has 0 saturated carbocycles. The molecule has 150 valence electrons. The zero-order chi connectivity index (χ0) is 21.3. The monoisotopic (exact) mass is 397 g/mol. The van der Waals surface area contributed by atoms with Crippen LogP contribution in [0.3, 0.4) is 0 Å². The number of amides is 2. The van der Waals surface area contributed by atoms with Gasteiger partial charge < -0.3 is 5.32 Å². The lowest BCUT2D eigenvalue weighted by Gasteiger charge is -2.26. The molecule has 0 aliphatic carbocycles. The number of hydrogen-bond donors (Lipinski definition) is 2. The van der Waals surface area contributed by atoms with Crippen LogP contribution in [0.1, 0.15) is 39.2 Å². The van der Waals surface area contributed by atoms with Crippen LogP contribution in [0.15, 0.2) is 91.0 Å². The summed E-state index contributed by atoms with van der Waals surface area (Å²) in [6.07, 6.45) is -0.806. The van der Waals surface area contributed by atoms with Crippen LogP contribution >= 0.6 is 0 Å². The van der Waals surface area contributed by atoms with Crippen molar-refractivity contribution in [2.75, 3.05) is 0 Å². The fourth-order valence-corrected chi connectivity index (χ4v) is 3.26. The van der Waals surface area contributed by atoms with E-state index in [2.05, 4.69) is 15.5 Å². The normalized spacial score (nSPS) is 13.3. The molecule has 0 saturated heterocycles. The fraction of sp³-hybridized carbons (Fsp3) is 0.160. The van der Waals surface area contributed by atoms with E-state index in [9.17, 15) is 9.59 Å². The lowest BCUT2D eigenvalue weighted by atomic mass is 9.91. The predicted octanol–water partition coefficient (Wildman–Crippen LogP) is 4.47. The SMILES string of the molecule is [C-]#[N+][C@@H](NC(=O)c1ccccc1)[C@@H](C)[C@@H](NC(=O)c1ccccc1)c1ccccc1. The van der Waals surface area contributed by atoms with Crippen LogP contribution in [-0.4, -0.2) is 18.0 Å². The molecule has 0 bridgehead atoms. The van der Waals surface area contributed by atoms with E-state index in [1.807, 2.05) is 49.4 Å². The lowest BCUT2D eigenvalue weighted by molar-refractivity contribution is 0.0904. The first-order valence-corrected chi connectivity index (χ1v) is 9.73. The maximum absolute atomic E-state index is 12.8. The Morgan fingerprint density at radius 2 is 1.17 bits per heavy atom. The summed E-state index contributed by atoms with van der Waals surface area (Å²) >= 11 is 0. The second-order valence-corrected chi connectivity index (χ2v) is 7.00. The number of carbonyl (C=O) groups is 2. The van der Waals surface area contributed by atoms with E-state index in [0.29, 0.717) is 11.1 Å². The average Bonchev–Trinajstić information content (AvgIpc) is 2.82. The minimum absolute atomic E-state index is 0.227. The van der Waals surface area contributed by atoms with Gasteiger partial charge in [-0.2, -0.15) is 0 Å². The molecule has 5 heteroatoms. The highest BCUT2D eigenvalue weighted by atomic mass is 16.2. The van der Waals surface area contributed by atoms with Gasteiger partial charge in [0, 0.05) is 11.1 Å². The molecule has 0 heterocycles. The number of benzene rings is 3. The van der Waals surface area contributed by atoms with Gasteiger partial charge in [-0.05, 0) is 29.8 Å². The Hall–Kier alpha value is -3.91. The van der Waals surface area contributed by atoms with Crippen LogP contribution in [-0.2, 0) is 0 Å². The molecule has 30 heavy (non-hydrogen) atoms. The molecule has 0 unspecified atom stereocenters. The molecule has 0 aliphatic heterocycles. The van der Waals surface area contributed by atoms with Gasteiger partial charge in [-0.3, -0.25) is 19.8 Å². The van der Waals surface area contributed by atoms with E-state index in [4.69, 9.17) is 6.57 Å². The van der Waals surface area contributed by atoms with Crippen molar-refractivity contribution in [3.8, 4) is 0 Å². The highest BCUT2D eigenvalue weighted by molar-refractivity contribution is 5.95. The van der Waals surface area contributed by atoms with Gasteiger partial charge in [-0.1, -0.05) is 73.7 Å². The van der Waals surface area contributed by atoms with Crippen LogP contribution in [0.4, 0.5) is 0 Å². The minimum Gasteiger partial charge on any atom is -0.345 e. The van der Waals surface area contributed by atoms with Crippen molar-refractivity contribution in [3.63, 3.8) is 0 Å². The van der Waals surface area contributed by atoms with E-state index < -0.39 is 12.2 Å². The van der Waals surface area contributed by atoms with E-state index in [-0.39, 0.29) is 17.7 Å². The van der Waals surface area contributed by atoms with Gasteiger partial charge in [0.05, 0.1) is 12.0 Å². The summed E-state index contributed by atoms with van der Waals surface area (Å²) in [6.45, 7) is 9.50. The van der Waals surface area contributed by atoms with E-state index in [1.165, 1.54) is 0 Å². The highest BCUT2D eigenvalue weighted by Gasteiger charge is 2.33. The molecule has 0 aliphatic rings. The van der Waals surface area contributed by atoms with Gasteiger partial charge in [0.1, 0.15) is 0 Å². The van der Waals surface area contributed by atoms with E-state index in [0.717, 1.165) is 5.56 Å². The Morgan fingerprint density at radius 1 is 0.733 bits per heavy atom. The zero-order valence-corrected chi connectivity index (χ0v) is 16.7. The molecule has 2 N–H and O–H groups in total. The van der Waals surface area contributed by atoms with Crippen molar-refractivity contribution in [2.45, 2.75) is 19.1 Å². The molecule has 0 spiro atoms. The van der Waals surface area contributed by atoms with E-state index in [1.54, 1.807) is 48.5 Å². The molecule has 3 aromatic rings. The fourth-order valence-electron chi connectivity index (χ4n) is 3.26. The third-order valence-corrected chi connectivity index (χ3v) is 4.96. The summed E-state index contributed by atoms with van der Waals surface area (Å²) in [5, 5.41) is 5.85. The van der Waals surface area contributed by atoms with Gasteiger partial charge >= 0.3 is 6.17 Å². The van der Waals surface area contributed by atoms with E-state index >= 15 is 0 Å². The van der Waals surface area contributed by atoms with Crippen LogP contribution in [0.25, 0.3) is 4.85 Å². The van der Waals surface area contributed by atoms with Gasteiger partial charge in [-0.15, -0.1) is 0 Å². The Kier molecular flexibility index (Phi) is 6.96. The summed E-state index contributed by atoms with van der Waals surface area (Å²) in [4.78, 5) is 29.0. The maximum Gasteiger partial charge on any atom is 0.303 e. The molecule has 0 aromatic heterocycles. The second kappa shape index (κ2) is 10.0. The van der Waals surface area contributed by atoms with Crippen molar-refractivity contribution in [1.29, 1.82) is 0 Å². The van der Waals surface area contributed by atoms with Crippen molar-refractivity contribution in [2.24, 2.45) is 5.92 Å². The summed E-state index contributed by atoms with van der Waals surface area (Å²) in [5.74, 6) is -0.913. The van der Waals surface area contributed by atoms with Crippen LogP contribution < -0.4 is 10.6 Å². The molecule has 2 amide bonds. The second-order valence-electron chi connectivity index (χ2n) is 7.00. The van der Waals surface area contributed by atoms with Gasteiger partial charge in [0.2, 0.25) is 0 Å². The Bertz CT molecular complexity index is 1010. The highest BCUT2D eigenvalue weighted by Crippen LogP contribution is 2.26. The van der Waals surface area contributed by atoms with Crippen molar-refractivity contribution in [1.82, 2.24) is 10.6 Å². The first-order valence-electron chi connectivity index (χ1n) is 9.73. The summed E-state index contributed by atoms with van der Waals surface area (Å²) in [7, 11) is 0. The Morgan fingerprint density at radius 3 is 1.63 bits per heavy atom. The van der Waals surface area contributed by atoms with Gasteiger partial charge in [0.15, 0.2) is 0 Å². The number of rotatable bonds is 7. The smallest absolute Gasteiger partial charge is 0.303 e. The number of carbonyl (C=O) groups excluding carboxylic acids is 2. The topological polar surface area (TPSA) is 62.6 Å². The number of nitrogens with zero attached hydrogens (tertiary/aromatic N) is 1. The summed E-state index contributed by atoms with van der Waals surface area (Å²) < 4.78 is 0. The molecule has 3 atom stereocenters. The first kappa shape index (κ1) is 20.8. The van der Waals surface area contributed by atoms with Crippen molar-refractivity contribution < 1.29 is 9.59 Å². The predicted molar refractivity (Wildman–Crippen MR) is 117 cm³/mol. The molecule has 3 rings (SSSR count). The van der Waals surface area contributed by atoms with Gasteiger partial charge in [-0.25, -0.2) is 6.57 Å². The largest absolute Gasteiger partial charge is 0.345 e. The van der Waals surface area contributed by atoms with Crippen molar-refractivity contribution in [3.05, 3.63) is 119 Å². The molecular weight excluding hydrogens is 374 g/mol. The molecule has 3 aromatic carbocycles. The van der Waals surface area contributed by atoms with Crippen molar-refractivity contribution >= 4 is 11.8 Å². The lowest BCUT2D eigenvalue weighted by Crippen LogP contribution is -2.43. The Labute approximate surface area is 176 Å². The molecule has 0 radical (unpaired) electrons. The van der Waals surface area contributed by atoms with Crippen LogP contribution in [0.2, 0.25) is 0 Å². The standard InChI is InChI=1S/C25H23N3O2/c1-18(23(26-2)28-25(30)21-16-10-5-11-17-21)22(19-12-6-3-7-13-19)27-24(29)20-14-8-4-9-15-20/h3-18,22-23H,1H3,(H,27,29)(H,28,30)/t18-,22+,23-/m0/s1. The third-order valence-electron chi connectivity index (χ3n) is 4.96. The number of hydrogen-bond acceptors (Lipinski definition) is 2. The molecular formula is C25H23N3O2. The zero-order valence-electron chi connectivity index (χ0n) is 16.7. The quantitative estimate of drug-likeness (QED) is 0.578. The molecule has 0 fully saturated rings. The summed E-state index contributed by atoms with van der Waals surface area (Å²) in [6, 6.07) is 26.8. The summed E-state index contributed by atoms with van der Waals surface area (Å²) in [5.41, 5.74) is 1.90. The third kappa shape index (κ3) is 5.12. The Balaban J connectivity index is 1.83. The average molecular weight is 397 g/mol. The first-order chi connectivity index (χ1) is 14.6. The van der Waals surface area contributed by atoms with Crippen LogP contribution in [0, 0.1) is 12.5 Å². The van der Waals surface area contributed by atoms with Gasteiger partial charge in [0.25, 0.3) is 11.8 Å².